The molecule has 1 unspecified atom stereocenters. The van der Waals surface area contributed by atoms with E-state index >= 15 is 0 Å². The van der Waals surface area contributed by atoms with E-state index in [4.69, 9.17) is 9.94 Å². The number of benzene rings is 2. The van der Waals surface area contributed by atoms with E-state index in [9.17, 15) is 14.4 Å². The number of aromatic nitrogens is 1. The molecule has 1 aliphatic rings. The molecule has 1 aromatic heterocycles. The van der Waals surface area contributed by atoms with Crippen LogP contribution in [0.4, 0.5) is 4.79 Å². The van der Waals surface area contributed by atoms with Gasteiger partial charge in [0.15, 0.2) is 0 Å². The number of aryl methyl sites for hydroxylation is 1. The molecule has 1 aliphatic heterocycles. The van der Waals surface area contributed by atoms with E-state index in [1.54, 1.807) is 34.6 Å². The van der Waals surface area contributed by atoms with Crippen molar-refractivity contribution in [3.8, 4) is 5.75 Å². The normalized spacial score (nSPS) is 17.0. The molecule has 40 heavy (non-hydrogen) atoms. The third-order valence-corrected chi connectivity index (χ3v) is 6.97. The van der Waals surface area contributed by atoms with Crippen molar-refractivity contribution in [1.29, 1.82) is 0 Å². The SMILES string of the molecule is Cc1cc(COc2ccc(C(=O)NC3(CC(=O)NO)CCCN(C(=O)NCC(C)C)C3)cc2)c2ccccc2n1. The van der Waals surface area contributed by atoms with Gasteiger partial charge < -0.3 is 20.3 Å². The number of carbonyl (C=O) groups excluding carboxylic acids is 3. The number of urea groups is 1. The fraction of sp³-hybridized carbons (Fsp3) is 0.400. The number of nitrogens with zero attached hydrogens (tertiary/aromatic N) is 2. The quantitative estimate of drug-likeness (QED) is 0.237. The van der Waals surface area contributed by atoms with Crippen LogP contribution in [0.3, 0.4) is 0 Å². The highest BCUT2D eigenvalue weighted by Gasteiger charge is 2.40. The highest BCUT2D eigenvalue weighted by atomic mass is 16.5. The Morgan fingerprint density at radius 2 is 1.88 bits per heavy atom. The van der Waals surface area contributed by atoms with Gasteiger partial charge in [0.2, 0.25) is 5.91 Å². The lowest BCUT2D eigenvalue weighted by atomic mass is 9.85. The fourth-order valence-corrected chi connectivity index (χ4v) is 5.04. The smallest absolute Gasteiger partial charge is 0.317 e. The molecular formula is C30H37N5O5. The molecule has 0 saturated carbocycles. The van der Waals surface area contributed by atoms with E-state index < -0.39 is 11.4 Å². The second-order valence-corrected chi connectivity index (χ2v) is 10.8. The topological polar surface area (TPSA) is 133 Å². The predicted octanol–water partition coefficient (Wildman–Crippen LogP) is 3.95. The van der Waals surface area contributed by atoms with E-state index in [0.29, 0.717) is 49.8 Å². The van der Waals surface area contributed by atoms with Gasteiger partial charge in [-0.1, -0.05) is 32.0 Å². The molecule has 212 valence electrons. The summed E-state index contributed by atoms with van der Waals surface area (Å²) in [6.07, 6.45) is 0.925. The number of hydrogen-bond donors (Lipinski definition) is 4. The molecule has 0 spiro atoms. The largest absolute Gasteiger partial charge is 0.489 e. The molecule has 2 heterocycles. The number of pyridine rings is 1. The average molecular weight is 548 g/mol. The first-order valence-electron chi connectivity index (χ1n) is 13.5. The standard InChI is InChI=1S/C30H37N5O5/c1-20(2)17-31-29(38)35-14-6-13-30(19-35,16-27(36)34-39)33-28(37)22-9-11-24(12-10-22)40-18-23-15-21(3)32-26-8-5-4-7-25(23)26/h4-5,7-12,15,20,39H,6,13-14,16-19H2,1-3H3,(H,31,38)(H,33,37)(H,34,36). The summed E-state index contributed by atoms with van der Waals surface area (Å²) in [4.78, 5) is 44.4. The molecule has 0 radical (unpaired) electrons. The van der Waals surface area contributed by atoms with Crippen LogP contribution in [-0.4, -0.2) is 58.1 Å². The summed E-state index contributed by atoms with van der Waals surface area (Å²) in [6, 6.07) is 16.5. The zero-order valence-electron chi connectivity index (χ0n) is 23.2. The highest BCUT2D eigenvalue weighted by molar-refractivity contribution is 5.95. The zero-order chi connectivity index (χ0) is 28.7. The van der Waals surface area contributed by atoms with Crippen molar-refractivity contribution in [2.75, 3.05) is 19.6 Å². The summed E-state index contributed by atoms with van der Waals surface area (Å²) < 4.78 is 6.02. The molecule has 4 rings (SSSR count). The minimum atomic E-state index is -1.02. The molecule has 1 saturated heterocycles. The Balaban J connectivity index is 1.44. The van der Waals surface area contributed by atoms with Crippen LogP contribution in [0.5, 0.6) is 5.75 Å². The van der Waals surface area contributed by atoms with Gasteiger partial charge in [-0.3, -0.25) is 19.8 Å². The summed E-state index contributed by atoms with van der Waals surface area (Å²) in [5.41, 5.74) is 3.87. The molecular weight excluding hydrogens is 510 g/mol. The van der Waals surface area contributed by atoms with Crippen LogP contribution in [0, 0.1) is 12.8 Å². The van der Waals surface area contributed by atoms with Crippen LogP contribution in [0.25, 0.3) is 10.9 Å². The Kier molecular flexibility index (Phi) is 9.21. The third kappa shape index (κ3) is 7.26. The van der Waals surface area contributed by atoms with Gasteiger partial charge in [0.05, 0.1) is 17.5 Å². The molecule has 1 atom stereocenters. The molecule has 3 aromatic rings. The number of hydrogen-bond acceptors (Lipinski definition) is 6. The van der Waals surface area contributed by atoms with E-state index in [1.165, 1.54) is 0 Å². The maximum absolute atomic E-state index is 13.3. The molecule has 10 nitrogen and oxygen atoms in total. The second kappa shape index (κ2) is 12.8. The number of amides is 4. The first kappa shape index (κ1) is 28.8. The number of nitrogens with one attached hydrogen (secondary N) is 3. The van der Waals surface area contributed by atoms with Crippen LogP contribution < -0.4 is 20.9 Å². The molecule has 10 heteroatoms. The average Bonchev–Trinajstić information content (AvgIpc) is 2.94. The number of fused-ring (bicyclic) bond motifs is 1. The monoisotopic (exact) mass is 547 g/mol. The van der Waals surface area contributed by atoms with Crippen LogP contribution >= 0.6 is 0 Å². The molecule has 1 fully saturated rings. The summed E-state index contributed by atoms with van der Waals surface area (Å²) >= 11 is 0. The zero-order valence-corrected chi connectivity index (χ0v) is 23.2. The number of carbonyl (C=O) groups is 3. The lowest BCUT2D eigenvalue weighted by Gasteiger charge is -2.43. The van der Waals surface area contributed by atoms with Gasteiger partial charge in [-0.15, -0.1) is 0 Å². The van der Waals surface area contributed by atoms with Gasteiger partial charge in [-0.2, -0.15) is 0 Å². The second-order valence-electron chi connectivity index (χ2n) is 10.8. The number of ether oxygens (including phenoxy) is 1. The summed E-state index contributed by atoms with van der Waals surface area (Å²) in [5, 5.41) is 16.1. The molecule has 2 aromatic carbocycles. The molecule has 4 N–H and O–H groups in total. The highest BCUT2D eigenvalue weighted by Crippen LogP contribution is 2.26. The first-order valence-corrected chi connectivity index (χ1v) is 13.5. The molecule has 4 amide bonds. The Morgan fingerprint density at radius 3 is 2.60 bits per heavy atom. The minimum absolute atomic E-state index is 0.149. The van der Waals surface area contributed by atoms with Crippen LogP contribution in [0.15, 0.2) is 54.6 Å². The van der Waals surface area contributed by atoms with Crippen molar-refractivity contribution in [2.24, 2.45) is 5.92 Å². The van der Waals surface area contributed by atoms with Gasteiger partial charge in [-0.25, -0.2) is 10.3 Å². The lowest BCUT2D eigenvalue weighted by Crippen LogP contribution is -2.62. The van der Waals surface area contributed by atoms with Crippen LogP contribution in [-0.2, 0) is 11.4 Å². The van der Waals surface area contributed by atoms with E-state index in [1.807, 2.05) is 51.1 Å². The van der Waals surface area contributed by atoms with Crippen LogP contribution in [0.2, 0.25) is 0 Å². The van der Waals surface area contributed by atoms with E-state index in [0.717, 1.165) is 22.2 Å². The lowest BCUT2D eigenvalue weighted by molar-refractivity contribution is -0.131. The van der Waals surface area contributed by atoms with Crippen molar-refractivity contribution in [3.05, 3.63) is 71.4 Å². The maximum Gasteiger partial charge on any atom is 0.317 e. The number of likely N-dealkylation sites (tertiary alicyclic amines) is 1. The Bertz CT molecular complexity index is 1360. The van der Waals surface area contributed by atoms with Gasteiger partial charge in [0.25, 0.3) is 5.91 Å². The number of para-hydroxylation sites is 1. The number of hydroxylamine groups is 1. The third-order valence-electron chi connectivity index (χ3n) is 6.97. The van der Waals surface area contributed by atoms with Crippen molar-refractivity contribution in [3.63, 3.8) is 0 Å². The van der Waals surface area contributed by atoms with E-state index in [2.05, 4.69) is 15.6 Å². The van der Waals surface area contributed by atoms with Gasteiger partial charge >= 0.3 is 6.03 Å². The van der Waals surface area contributed by atoms with Crippen molar-refractivity contribution >= 4 is 28.7 Å². The fourth-order valence-electron chi connectivity index (χ4n) is 5.04. The van der Waals surface area contributed by atoms with Crippen molar-refractivity contribution in [1.82, 2.24) is 26.0 Å². The van der Waals surface area contributed by atoms with Crippen LogP contribution in [0.1, 0.15) is 54.7 Å². The number of piperidine rings is 1. The Morgan fingerprint density at radius 1 is 1.12 bits per heavy atom. The van der Waals surface area contributed by atoms with Crippen molar-refractivity contribution in [2.45, 2.75) is 52.2 Å². The van der Waals surface area contributed by atoms with Gasteiger partial charge in [0.1, 0.15) is 12.4 Å². The Labute approximate surface area is 234 Å². The summed E-state index contributed by atoms with van der Waals surface area (Å²) in [5.74, 6) is -0.113. The van der Waals surface area contributed by atoms with Crippen molar-refractivity contribution < 1.29 is 24.3 Å². The van der Waals surface area contributed by atoms with Gasteiger partial charge in [0, 0.05) is 41.8 Å². The van der Waals surface area contributed by atoms with Gasteiger partial charge in [-0.05, 0) is 62.1 Å². The minimum Gasteiger partial charge on any atom is -0.489 e. The molecule has 0 aliphatic carbocycles. The predicted molar refractivity (Wildman–Crippen MR) is 151 cm³/mol. The number of rotatable bonds is 9. The van der Waals surface area contributed by atoms with E-state index in [-0.39, 0.29) is 24.9 Å². The maximum atomic E-state index is 13.3. The molecule has 0 bridgehead atoms. The Hall–Kier alpha value is -4.18. The first-order chi connectivity index (χ1) is 19.2. The summed E-state index contributed by atoms with van der Waals surface area (Å²) in [7, 11) is 0. The summed E-state index contributed by atoms with van der Waals surface area (Å²) in [6.45, 7) is 7.50.